The van der Waals surface area contributed by atoms with Gasteiger partial charge in [-0.25, -0.2) is 0 Å². The highest BCUT2D eigenvalue weighted by molar-refractivity contribution is 8.00. The van der Waals surface area contributed by atoms with E-state index in [9.17, 15) is 24.0 Å². The second-order valence-electron chi connectivity index (χ2n) is 21.7. The van der Waals surface area contributed by atoms with Gasteiger partial charge in [-0.05, 0) is 146 Å². The maximum atomic E-state index is 13.8. The molecular formula is C49H81N3O7S. The molecule has 0 radical (unpaired) electrons. The Bertz CT molecular complexity index is 1590. The molecule has 60 heavy (non-hydrogen) atoms. The van der Waals surface area contributed by atoms with Crippen molar-refractivity contribution in [1.82, 2.24) is 15.5 Å². The predicted octanol–water partition coefficient (Wildman–Crippen LogP) is 8.70. The fourth-order valence-corrected chi connectivity index (χ4v) is 13.4. The minimum atomic E-state index is -0.865. The summed E-state index contributed by atoms with van der Waals surface area (Å²) in [4.78, 5) is 65.0. The second kappa shape index (κ2) is 20.1. The molecule has 340 valence electrons. The van der Waals surface area contributed by atoms with Crippen LogP contribution in [0.3, 0.4) is 0 Å². The van der Waals surface area contributed by atoms with Crippen LogP contribution >= 0.6 is 11.8 Å². The third kappa shape index (κ3) is 11.3. The number of ketones is 1. The Kier molecular flexibility index (Phi) is 16.3. The van der Waals surface area contributed by atoms with E-state index in [0.717, 1.165) is 48.9 Å². The number of hydrogen-bond donors (Lipinski definition) is 2. The topological polar surface area (TPSA) is 131 Å². The number of imide groups is 1. The van der Waals surface area contributed by atoms with Crippen LogP contribution in [0.4, 0.5) is 0 Å². The van der Waals surface area contributed by atoms with E-state index in [4.69, 9.17) is 9.47 Å². The van der Waals surface area contributed by atoms with Gasteiger partial charge in [0.25, 0.3) is 0 Å². The summed E-state index contributed by atoms with van der Waals surface area (Å²) in [6.07, 6.45) is 16.5. The summed E-state index contributed by atoms with van der Waals surface area (Å²) in [6, 6.07) is -0.364. The van der Waals surface area contributed by atoms with E-state index in [1.54, 1.807) is 12.6 Å². The lowest BCUT2D eigenvalue weighted by Gasteiger charge is -2.58. The van der Waals surface area contributed by atoms with E-state index >= 15 is 0 Å². The number of nitrogens with one attached hydrogen (secondary N) is 2. The lowest BCUT2D eigenvalue weighted by Crippen LogP contribution is -2.52. The molecule has 1 aliphatic heterocycles. The fraction of sp³-hybridized carbons (Fsp3) is 0.857. The molecule has 0 aromatic rings. The molecule has 3 saturated carbocycles. The maximum absolute atomic E-state index is 13.8. The summed E-state index contributed by atoms with van der Waals surface area (Å²) >= 11 is 1.32. The van der Waals surface area contributed by atoms with Gasteiger partial charge >= 0.3 is 5.97 Å². The predicted molar refractivity (Wildman–Crippen MR) is 240 cm³/mol. The molecule has 10 unspecified atom stereocenters. The van der Waals surface area contributed by atoms with Gasteiger partial charge in [-0.1, -0.05) is 65.5 Å². The molecular weight excluding hydrogens is 775 g/mol. The first kappa shape index (κ1) is 48.8. The number of allylic oxidation sites excluding steroid dienone is 2. The largest absolute Gasteiger partial charge is 0.462 e. The number of carbonyl (C=O) groups is 5. The molecule has 0 aromatic heterocycles. The maximum Gasteiger partial charge on any atom is 0.314 e. The Morgan fingerprint density at radius 1 is 1.00 bits per heavy atom. The van der Waals surface area contributed by atoms with E-state index < -0.39 is 16.3 Å². The number of fused-ring (bicyclic) bond motifs is 5. The van der Waals surface area contributed by atoms with Crippen LogP contribution in [-0.2, 0) is 33.4 Å². The van der Waals surface area contributed by atoms with Crippen molar-refractivity contribution < 1.29 is 33.4 Å². The SMILES string of the molecule is CNC(CSC1CC(=O)N(CCCC(=O)NCC(C)(C)OCC(C)(C)C(=O)OC2CCC3=CCC4C(CCC5(C)C(C(C)CCCC(C)C)CCC45)C3(C)C2)C1=O)C(C)=O. The van der Waals surface area contributed by atoms with Gasteiger partial charge in [-0.3, -0.25) is 28.9 Å². The Morgan fingerprint density at radius 3 is 2.42 bits per heavy atom. The molecule has 2 N–H and O–H groups in total. The van der Waals surface area contributed by atoms with E-state index in [1.165, 1.54) is 75.0 Å². The van der Waals surface area contributed by atoms with Crippen LogP contribution in [0.2, 0.25) is 0 Å². The molecule has 4 fully saturated rings. The van der Waals surface area contributed by atoms with Gasteiger partial charge in [0.2, 0.25) is 17.7 Å². The van der Waals surface area contributed by atoms with Gasteiger partial charge in [0.15, 0.2) is 0 Å². The quantitative estimate of drug-likeness (QED) is 0.0662. The molecule has 4 aliphatic carbocycles. The zero-order valence-electron chi connectivity index (χ0n) is 39.2. The Morgan fingerprint density at radius 2 is 1.73 bits per heavy atom. The first-order chi connectivity index (χ1) is 28.1. The van der Waals surface area contributed by atoms with E-state index in [0.29, 0.717) is 23.5 Å². The molecule has 0 aromatic carbocycles. The standard InChI is InChI=1S/C49H81N3O7S/c1-31(2)14-12-15-32(3)37-21-22-38-36-20-18-34-17-19-35(27-49(34,10)39(36)23-24-48(37,38)9)59-45(57)46(5,6)30-58-47(7,8)29-51-42(54)16-13-25-52-43(55)26-41(44(52)56)60-28-40(50-11)33(4)53/h18,31-32,35-41,50H,12-17,19-30H2,1-11H3,(H,51,54). The third-order valence-electron chi connectivity index (χ3n) is 15.9. The molecule has 5 rings (SSSR count). The smallest absolute Gasteiger partial charge is 0.314 e. The minimum absolute atomic E-state index is 0.0118. The zero-order chi connectivity index (χ0) is 44.2. The number of Topliss-reactive ketones (excluding diaryl/α,β-unsaturated/α-hetero) is 1. The van der Waals surface area contributed by atoms with Crippen molar-refractivity contribution in [1.29, 1.82) is 0 Å². The van der Waals surface area contributed by atoms with Crippen LogP contribution in [0.1, 0.15) is 159 Å². The van der Waals surface area contributed by atoms with E-state index in [2.05, 4.69) is 51.3 Å². The summed E-state index contributed by atoms with van der Waals surface area (Å²) < 4.78 is 12.7. The zero-order valence-corrected chi connectivity index (χ0v) is 40.0. The lowest BCUT2D eigenvalue weighted by molar-refractivity contribution is -0.170. The summed E-state index contributed by atoms with van der Waals surface area (Å²) in [5.74, 6) is 4.06. The van der Waals surface area contributed by atoms with E-state index in [1.807, 2.05) is 27.7 Å². The van der Waals surface area contributed by atoms with Gasteiger partial charge in [-0.15, -0.1) is 11.8 Å². The number of esters is 1. The van der Waals surface area contributed by atoms with Crippen LogP contribution in [0.15, 0.2) is 11.6 Å². The Balaban J connectivity index is 1.05. The van der Waals surface area contributed by atoms with E-state index in [-0.39, 0.29) is 79.6 Å². The summed E-state index contributed by atoms with van der Waals surface area (Å²) in [5.41, 5.74) is 0.519. The van der Waals surface area contributed by atoms with Gasteiger partial charge in [0.1, 0.15) is 11.9 Å². The van der Waals surface area contributed by atoms with Crippen molar-refractivity contribution in [3.8, 4) is 0 Å². The Labute approximate surface area is 367 Å². The number of likely N-dealkylation sites (N-methyl/N-ethyl adjacent to an activating group) is 1. The van der Waals surface area contributed by atoms with Crippen molar-refractivity contribution in [2.45, 2.75) is 182 Å². The molecule has 0 spiro atoms. The molecule has 11 heteroatoms. The molecule has 5 aliphatic rings. The number of likely N-dealkylation sites (tertiary alicyclic amines) is 1. The second-order valence-corrected chi connectivity index (χ2v) is 23.0. The van der Waals surface area contributed by atoms with Crippen LogP contribution in [0.5, 0.6) is 0 Å². The first-order valence-electron chi connectivity index (χ1n) is 23.6. The first-order valence-corrected chi connectivity index (χ1v) is 24.6. The number of thioether (sulfide) groups is 1. The molecule has 1 heterocycles. The highest BCUT2D eigenvalue weighted by Gasteiger charge is 2.59. The number of amides is 3. The van der Waals surface area contributed by atoms with Crippen molar-refractivity contribution in [3.63, 3.8) is 0 Å². The number of hydrogen-bond acceptors (Lipinski definition) is 9. The van der Waals surface area contributed by atoms with Gasteiger partial charge in [0.05, 0.1) is 28.9 Å². The number of rotatable bonds is 21. The van der Waals surface area contributed by atoms with Crippen molar-refractivity contribution in [3.05, 3.63) is 11.6 Å². The van der Waals surface area contributed by atoms with Crippen LogP contribution in [-0.4, -0.2) is 89.9 Å². The van der Waals surface area contributed by atoms with Crippen LogP contribution in [0.25, 0.3) is 0 Å². The van der Waals surface area contributed by atoms with Crippen molar-refractivity contribution >= 4 is 41.2 Å². The fourth-order valence-electron chi connectivity index (χ4n) is 12.1. The molecule has 10 nitrogen and oxygen atoms in total. The summed E-state index contributed by atoms with van der Waals surface area (Å²) in [6.45, 7) is 22.0. The number of nitrogens with zero attached hydrogens (tertiary/aromatic N) is 1. The monoisotopic (exact) mass is 856 g/mol. The summed E-state index contributed by atoms with van der Waals surface area (Å²) in [7, 11) is 1.70. The third-order valence-corrected chi connectivity index (χ3v) is 17.2. The highest BCUT2D eigenvalue weighted by atomic mass is 32.2. The number of carbonyl (C=O) groups excluding carboxylic acids is 5. The summed E-state index contributed by atoms with van der Waals surface area (Å²) in [5, 5.41) is 5.37. The van der Waals surface area contributed by atoms with Gasteiger partial charge in [-0.2, -0.15) is 0 Å². The molecule has 3 amide bonds. The normalized spacial score (nSPS) is 31.6. The average molecular weight is 856 g/mol. The van der Waals surface area contributed by atoms with Crippen LogP contribution < -0.4 is 10.6 Å². The Hall–Kier alpha value is -2.24. The minimum Gasteiger partial charge on any atom is -0.462 e. The molecule has 1 saturated heterocycles. The molecule has 10 atom stereocenters. The number of ether oxygens (including phenoxy) is 2. The van der Waals surface area contributed by atoms with Crippen molar-refractivity contribution in [2.24, 2.45) is 51.8 Å². The van der Waals surface area contributed by atoms with Crippen LogP contribution in [0, 0.1) is 51.8 Å². The average Bonchev–Trinajstić information content (AvgIpc) is 3.67. The van der Waals surface area contributed by atoms with Crippen molar-refractivity contribution in [2.75, 3.05) is 32.5 Å². The lowest BCUT2D eigenvalue weighted by atomic mass is 9.47. The molecule has 0 bridgehead atoms. The van der Waals surface area contributed by atoms with Gasteiger partial charge < -0.3 is 20.1 Å². The van der Waals surface area contributed by atoms with Gasteiger partial charge in [0, 0.05) is 31.7 Å². The highest BCUT2D eigenvalue weighted by Crippen LogP contribution is 2.67.